The van der Waals surface area contributed by atoms with E-state index in [2.05, 4.69) is 5.32 Å². The van der Waals surface area contributed by atoms with Crippen molar-refractivity contribution < 1.29 is 9.72 Å². The quantitative estimate of drug-likeness (QED) is 0.369. The summed E-state index contributed by atoms with van der Waals surface area (Å²) in [5, 5.41) is 23.3. The molecular weight excluding hydrogens is 362 g/mol. The fourth-order valence-corrected chi connectivity index (χ4v) is 2.96. The molecule has 0 saturated heterocycles. The van der Waals surface area contributed by atoms with Gasteiger partial charge < -0.3 is 5.32 Å². The van der Waals surface area contributed by atoms with Crippen LogP contribution in [-0.2, 0) is 4.79 Å². The number of nitrogens with zero attached hydrogens (tertiary/aromatic N) is 2. The summed E-state index contributed by atoms with van der Waals surface area (Å²) in [6.45, 7) is 0. The monoisotopic (exact) mass is 373 g/mol. The van der Waals surface area contributed by atoms with Crippen molar-refractivity contribution in [2.75, 3.05) is 7.05 Å². The molecule has 25 heavy (non-hydrogen) atoms. The summed E-state index contributed by atoms with van der Waals surface area (Å²) in [5.74, 6) is -0.551. The number of carbonyl (C=O) groups excluding carboxylic acids is 1. The summed E-state index contributed by atoms with van der Waals surface area (Å²) in [6, 6.07) is 13.2. The molecule has 1 amide bonds. The molecule has 0 aromatic heterocycles. The molecule has 126 valence electrons. The molecule has 1 N–H and O–H groups in total. The highest BCUT2D eigenvalue weighted by atomic mass is 35.5. The second-order valence-corrected chi connectivity index (χ2v) is 6.34. The maximum Gasteiger partial charge on any atom is 0.283 e. The largest absolute Gasteiger partial charge is 0.354 e. The molecule has 2 aromatic carbocycles. The second-order valence-electron chi connectivity index (χ2n) is 4.79. The molecule has 2 rings (SSSR count). The van der Waals surface area contributed by atoms with Crippen LogP contribution in [0.3, 0.4) is 0 Å². The summed E-state index contributed by atoms with van der Waals surface area (Å²) < 4.78 is 0. The van der Waals surface area contributed by atoms with Gasteiger partial charge >= 0.3 is 0 Å². The fraction of sp³-hybridized carbons (Fsp3) is 0.0588. The number of likely N-dealkylation sites (N-methyl/N-ethyl adjacent to an activating group) is 1. The lowest BCUT2D eigenvalue weighted by atomic mass is 10.1. The van der Waals surface area contributed by atoms with Crippen molar-refractivity contribution in [2.24, 2.45) is 0 Å². The van der Waals surface area contributed by atoms with Crippen molar-refractivity contribution in [3.05, 3.63) is 68.7 Å². The van der Waals surface area contributed by atoms with E-state index in [4.69, 9.17) is 16.9 Å². The zero-order valence-corrected chi connectivity index (χ0v) is 14.6. The smallest absolute Gasteiger partial charge is 0.283 e. The Bertz CT molecular complexity index is 889. The number of halogens is 1. The third kappa shape index (κ3) is 4.83. The van der Waals surface area contributed by atoms with Gasteiger partial charge in [-0.3, -0.25) is 14.9 Å². The van der Waals surface area contributed by atoms with Crippen LogP contribution in [0.4, 0.5) is 5.69 Å². The van der Waals surface area contributed by atoms with Crippen LogP contribution in [-0.4, -0.2) is 17.9 Å². The zero-order valence-electron chi connectivity index (χ0n) is 13.0. The van der Waals surface area contributed by atoms with Crippen LogP contribution in [0.15, 0.2) is 57.8 Å². The fourth-order valence-electron chi connectivity index (χ4n) is 1.93. The number of nitriles is 1. The number of hydrogen-bond acceptors (Lipinski definition) is 5. The van der Waals surface area contributed by atoms with E-state index >= 15 is 0 Å². The molecule has 6 nitrogen and oxygen atoms in total. The molecule has 0 fully saturated rings. The van der Waals surface area contributed by atoms with Crippen LogP contribution in [0.1, 0.15) is 5.56 Å². The lowest BCUT2D eigenvalue weighted by Crippen LogP contribution is -2.19. The Balaban J connectivity index is 2.39. The Morgan fingerprint density at radius 3 is 2.56 bits per heavy atom. The van der Waals surface area contributed by atoms with Gasteiger partial charge in [-0.05, 0) is 42.0 Å². The summed E-state index contributed by atoms with van der Waals surface area (Å²) in [7, 11) is 1.40. The first-order valence-corrected chi connectivity index (χ1v) is 8.19. The Hall–Kier alpha value is -2.82. The molecular formula is C17H12ClN3O3S. The van der Waals surface area contributed by atoms with Gasteiger partial charge in [0, 0.05) is 23.0 Å². The zero-order chi connectivity index (χ0) is 18.4. The van der Waals surface area contributed by atoms with Crippen molar-refractivity contribution >= 4 is 41.0 Å². The predicted molar refractivity (Wildman–Crippen MR) is 96.3 cm³/mol. The first kappa shape index (κ1) is 18.5. The van der Waals surface area contributed by atoms with Gasteiger partial charge in [0.15, 0.2) is 0 Å². The van der Waals surface area contributed by atoms with E-state index in [0.29, 0.717) is 15.5 Å². The second kappa shape index (κ2) is 8.33. The molecule has 0 radical (unpaired) electrons. The maximum absolute atomic E-state index is 11.6. The predicted octanol–water partition coefficient (Wildman–Crippen LogP) is 4.05. The average molecular weight is 374 g/mol. The highest BCUT2D eigenvalue weighted by Gasteiger charge is 2.16. The molecule has 0 unspecified atom stereocenters. The van der Waals surface area contributed by atoms with E-state index < -0.39 is 10.8 Å². The molecule has 0 aliphatic rings. The third-order valence-electron chi connectivity index (χ3n) is 3.12. The average Bonchev–Trinajstić information content (AvgIpc) is 2.61. The summed E-state index contributed by atoms with van der Waals surface area (Å²) in [6.07, 6.45) is 1.31. The van der Waals surface area contributed by atoms with Gasteiger partial charge in [0.2, 0.25) is 0 Å². The highest BCUT2D eigenvalue weighted by Crippen LogP contribution is 2.36. The Labute approximate surface area is 153 Å². The van der Waals surface area contributed by atoms with Crippen LogP contribution in [0.25, 0.3) is 6.08 Å². The number of benzene rings is 2. The first-order valence-electron chi connectivity index (χ1n) is 7.00. The normalized spacial score (nSPS) is 10.8. The molecule has 2 aromatic rings. The van der Waals surface area contributed by atoms with Crippen molar-refractivity contribution in [1.82, 2.24) is 5.32 Å². The van der Waals surface area contributed by atoms with E-state index in [1.807, 2.05) is 0 Å². The molecule has 0 aliphatic heterocycles. The van der Waals surface area contributed by atoms with Crippen LogP contribution >= 0.6 is 23.4 Å². The number of hydrogen-bond donors (Lipinski definition) is 1. The lowest BCUT2D eigenvalue weighted by Gasteiger charge is -2.05. The van der Waals surface area contributed by atoms with Gasteiger partial charge in [0.05, 0.1) is 9.82 Å². The first-order chi connectivity index (χ1) is 11.9. The molecule has 0 aliphatic carbocycles. The van der Waals surface area contributed by atoms with Crippen LogP contribution < -0.4 is 5.32 Å². The molecule has 0 atom stereocenters. The maximum atomic E-state index is 11.6. The summed E-state index contributed by atoms with van der Waals surface area (Å²) in [5.41, 5.74) is 0.158. The Morgan fingerprint density at radius 1 is 1.32 bits per heavy atom. The van der Waals surface area contributed by atoms with Crippen LogP contribution in [0.5, 0.6) is 0 Å². The van der Waals surface area contributed by atoms with Crippen molar-refractivity contribution in [3.8, 4) is 6.07 Å². The minimum absolute atomic E-state index is 0.108. The van der Waals surface area contributed by atoms with E-state index in [0.717, 1.165) is 4.90 Å². The lowest BCUT2D eigenvalue weighted by molar-refractivity contribution is -0.387. The van der Waals surface area contributed by atoms with Gasteiger partial charge in [-0.2, -0.15) is 5.26 Å². The number of amides is 1. The number of nitro groups is 1. The SMILES string of the molecule is CNC(=O)/C(C#N)=C\c1ccc(Sc2ccc(Cl)cc2)c([N+](=O)[O-])c1. The molecule has 0 spiro atoms. The topological polar surface area (TPSA) is 96.0 Å². The standard InChI is InChI=1S/C17H12ClN3O3S/c1-20-17(22)12(10-19)8-11-2-7-16(15(9-11)21(23)24)25-14-5-3-13(18)4-6-14/h2-9H,1H3,(H,20,22)/b12-8-. The van der Waals surface area contributed by atoms with Gasteiger partial charge in [-0.25, -0.2) is 0 Å². The summed E-state index contributed by atoms with van der Waals surface area (Å²) >= 11 is 7.06. The number of carbonyl (C=O) groups is 1. The Morgan fingerprint density at radius 2 is 2.00 bits per heavy atom. The van der Waals surface area contributed by atoms with E-state index in [1.54, 1.807) is 42.5 Å². The minimum Gasteiger partial charge on any atom is -0.354 e. The molecule has 0 saturated carbocycles. The third-order valence-corrected chi connectivity index (χ3v) is 4.45. The van der Waals surface area contributed by atoms with Gasteiger partial charge in [-0.15, -0.1) is 0 Å². The van der Waals surface area contributed by atoms with Crippen molar-refractivity contribution in [2.45, 2.75) is 9.79 Å². The highest BCUT2D eigenvalue weighted by molar-refractivity contribution is 7.99. The summed E-state index contributed by atoms with van der Waals surface area (Å²) in [4.78, 5) is 23.7. The number of nitrogens with one attached hydrogen (secondary N) is 1. The number of nitro benzene ring substituents is 1. The van der Waals surface area contributed by atoms with E-state index in [1.165, 1.54) is 31.0 Å². The van der Waals surface area contributed by atoms with Crippen LogP contribution in [0, 0.1) is 21.4 Å². The van der Waals surface area contributed by atoms with Gasteiger partial charge in [-0.1, -0.05) is 29.4 Å². The molecule has 0 bridgehead atoms. The molecule has 8 heteroatoms. The number of rotatable bonds is 5. The van der Waals surface area contributed by atoms with E-state index in [9.17, 15) is 14.9 Å². The van der Waals surface area contributed by atoms with Crippen molar-refractivity contribution in [3.63, 3.8) is 0 Å². The van der Waals surface area contributed by atoms with Gasteiger partial charge in [0.1, 0.15) is 11.6 Å². The molecule has 0 heterocycles. The van der Waals surface area contributed by atoms with Crippen molar-refractivity contribution in [1.29, 1.82) is 5.26 Å². The minimum atomic E-state index is -0.551. The van der Waals surface area contributed by atoms with Gasteiger partial charge in [0.25, 0.3) is 11.6 Å². The van der Waals surface area contributed by atoms with Crippen LogP contribution in [0.2, 0.25) is 5.02 Å². The Kier molecular flexibility index (Phi) is 6.17. The van der Waals surface area contributed by atoms with E-state index in [-0.39, 0.29) is 11.3 Å².